The largest absolute Gasteiger partial charge is 0.290 e. The molecule has 0 radical (unpaired) electrons. The lowest BCUT2D eigenvalue weighted by atomic mass is 10.2. The average Bonchev–Trinajstić information content (AvgIpc) is 2.32. The van der Waals surface area contributed by atoms with Crippen molar-refractivity contribution in [3.05, 3.63) is 51.2 Å². The van der Waals surface area contributed by atoms with Gasteiger partial charge in [-0.2, -0.15) is 0 Å². The van der Waals surface area contributed by atoms with Gasteiger partial charge in [0.15, 0.2) is 0 Å². The van der Waals surface area contributed by atoms with Crippen LogP contribution in [0, 0.1) is 0 Å². The summed E-state index contributed by atoms with van der Waals surface area (Å²) in [6.45, 7) is 0. The van der Waals surface area contributed by atoms with Crippen LogP contribution in [0.25, 0.3) is 0 Å². The predicted molar refractivity (Wildman–Crippen MR) is 71.5 cm³/mol. The first-order valence-electron chi connectivity index (χ1n) is 4.81. The van der Waals surface area contributed by atoms with Gasteiger partial charge in [-0.25, -0.2) is 9.97 Å². The highest BCUT2D eigenvalue weighted by atomic mass is 35.5. The third-order valence-electron chi connectivity index (χ3n) is 2.03. The number of nitrogens with one attached hydrogen (secondary N) is 1. The second-order valence-electron chi connectivity index (χ2n) is 3.29. The molecule has 0 saturated carbocycles. The van der Waals surface area contributed by atoms with E-state index in [0.29, 0.717) is 15.6 Å². The van der Waals surface area contributed by atoms with Crippen molar-refractivity contribution in [2.75, 3.05) is 5.32 Å². The second kappa shape index (κ2) is 5.52. The summed E-state index contributed by atoms with van der Waals surface area (Å²) >= 11 is 17.3. The Hall–Kier alpha value is -1.36. The number of carbonyl (C=O) groups excluding carboxylic acids is 1. The van der Waals surface area contributed by atoms with Gasteiger partial charge in [0.05, 0.1) is 10.0 Å². The Balaban J connectivity index is 2.19. The molecule has 0 fully saturated rings. The number of halogens is 3. The minimum atomic E-state index is -0.393. The first-order valence-corrected chi connectivity index (χ1v) is 5.94. The molecular formula is C11H6Cl3N3O. The lowest BCUT2D eigenvalue weighted by Gasteiger charge is -2.04. The maximum atomic E-state index is 11.9. The third kappa shape index (κ3) is 3.10. The number of anilines is 1. The molecule has 4 nitrogen and oxygen atoms in total. The first-order chi connectivity index (χ1) is 8.56. The van der Waals surface area contributed by atoms with E-state index >= 15 is 0 Å². The predicted octanol–water partition coefficient (Wildman–Crippen LogP) is 3.69. The molecule has 1 amide bonds. The van der Waals surface area contributed by atoms with Crippen LogP contribution in [0.1, 0.15) is 10.4 Å². The Labute approximate surface area is 118 Å². The summed E-state index contributed by atoms with van der Waals surface area (Å²) in [4.78, 5) is 19.6. The normalized spacial score (nSPS) is 10.2. The zero-order valence-corrected chi connectivity index (χ0v) is 11.1. The van der Waals surface area contributed by atoms with Crippen molar-refractivity contribution in [2.24, 2.45) is 0 Å². The molecule has 18 heavy (non-hydrogen) atoms. The number of rotatable bonds is 2. The Morgan fingerprint density at radius 3 is 2.56 bits per heavy atom. The molecule has 92 valence electrons. The Bertz CT molecular complexity index is 604. The van der Waals surface area contributed by atoms with Gasteiger partial charge in [-0.15, -0.1) is 0 Å². The summed E-state index contributed by atoms with van der Waals surface area (Å²) in [5.74, 6) is -0.269. The molecule has 1 N–H and O–H groups in total. The minimum absolute atomic E-state index is 0.124. The highest BCUT2D eigenvalue weighted by Gasteiger charge is 2.09. The number of hydrogen-bond donors (Lipinski definition) is 1. The summed E-state index contributed by atoms with van der Waals surface area (Å²) < 4.78 is 0. The summed E-state index contributed by atoms with van der Waals surface area (Å²) in [6.07, 6.45) is 1.44. The molecule has 0 aliphatic carbocycles. The molecule has 2 rings (SSSR count). The molecule has 1 aromatic heterocycles. The third-order valence-corrected chi connectivity index (χ3v) is 2.98. The Morgan fingerprint density at radius 2 is 1.89 bits per heavy atom. The van der Waals surface area contributed by atoms with E-state index in [9.17, 15) is 4.79 Å². The molecule has 0 saturated heterocycles. The van der Waals surface area contributed by atoms with E-state index in [4.69, 9.17) is 34.8 Å². The Morgan fingerprint density at radius 1 is 1.11 bits per heavy atom. The van der Waals surface area contributed by atoms with Gasteiger partial charge in [-0.05, 0) is 24.3 Å². The van der Waals surface area contributed by atoms with Gasteiger partial charge in [0.25, 0.3) is 5.91 Å². The van der Waals surface area contributed by atoms with Gasteiger partial charge in [-0.1, -0.05) is 34.8 Å². The first kappa shape index (κ1) is 13.1. The van der Waals surface area contributed by atoms with Crippen molar-refractivity contribution in [3.63, 3.8) is 0 Å². The fourth-order valence-corrected chi connectivity index (χ4v) is 1.64. The number of nitrogens with zero attached hydrogens (tertiary/aromatic N) is 2. The van der Waals surface area contributed by atoms with Gasteiger partial charge in [0.2, 0.25) is 5.95 Å². The van der Waals surface area contributed by atoms with Crippen molar-refractivity contribution < 1.29 is 4.79 Å². The van der Waals surface area contributed by atoms with Crippen LogP contribution in [0.3, 0.4) is 0 Å². The van der Waals surface area contributed by atoms with E-state index < -0.39 is 5.91 Å². The maximum absolute atomic E-state index is 11.9. The average molecular weight is 303 g/mol. The smallest absolute Gasteiger partial charge is 0.258 e. The standard InChI is InChI=1S/C11H6Cl3N3O/c12-7-2-1-6(5-8(7)13)10(18)17-11-15-4-3-9(14)16-11/h1-5H,(H,15,16,17,18). The fraction of sp³-hybridized carbons (Fsp3) is 0. The lowest BCUT2D eigenvalue weighted by Crippen LogP contribution is -2.14. The van der Waals surface area contributed by atoms with Crippen molar-refractivity contribution in [3.8, 4) is 0 Å². The summed E-state index contributed by atoms with van der Waals surface area (Å²) in [5, 5.41) is 3.43. The molecule has 1 heterocycles. The second-order valence-corrected chi connectivity index (χ2v) is 4.49. The van der Waals surface area contributed by atoms with E-state index in [2.05, 4.69) is 15.3 Å². The summed E-state index contributed by atoms with van der Waals surface area (Å²) in [5.41, 5.74) is 0.355. The zero-order valence-electron chi connectivity index (χ0n) is 8.82. The van der Waals surface area contributed by atoms with Crippen LogP contribution in [-0.4, -0.2) is 15.9 Å². The number of aromatic nitrogens is 2. The Kier molecular flexibility index (Phi) is 4.01. The molecule has 0 aliphatic rings. The molecule has 0 unspecified atom stereocenters. The summed E-state index contributed by atoms with van der Waals surface area (Å²) in [7, 11) is 0. The number of hydrogen-bond acceptors (Lipinski definition) is 3. The van der Waals surface area contributed by atoms with Crippen molar-refractivity contribution >= 4 is 46.7 Å². The highest BCUT2D eigenvalue weighted by molar-refractivity contribution is 6.42. The van der Waals surface area contributed by atoms with E-state index in [0.717, 1.165) is 0 Å². The lowest BCUT2D eigenvalue weighted by molar-refractivity contribution is 0.102. The van der Waals surface area contributed by atoms with E-state index in [-0.39, 0.29) is 11.1 Å². The molecule has 0 spiro atoms. The number of carbonyl (C=O) groups is 1. The monoisotopic (exact) mass is 301 g/mol. The van der Waals surface area contributed by atoms with Crippen LogP contribution < -0.4 is 5.32 Å². The maximum Gasteiger partial charge on any atom is 0.258 e. The molecule has 1 aromatic carbocycles. The zero-order chi connectivity index (χ0) is 13.1. The number of amides is 1. The van der Waals surface area contributed by atoms with Crippen LogP contribution in [-0.2, 0) is 0 Å². The SMILES string of the molecule is O=C(Nc1nccc(Cl)n1)c1ccc(Cl)c(Cl)c1. The van der Waals surface area contributed by atoms with E-state index in [1.54, 1.807) is 6.07 Å². The minimum Gasteiger partial charge on any atom is -0.290 e. The van der Waals surface area contributed by atoms with Crippen LogP contribution in [0.2, 0.25) is 15.2 Å². The van der Waals surface area contributed by atoms with Gasteiger partial charge in [0, 0.05) is 11.8 Å². The summed E-state index contributed by atoms with van der Waals surface area (Å²) in [6, 6.07) is 6.06. The van der Waals surface area contributed by atoms with Gasteiger partial charge < -0.3 is 0 Å². The highest BCUT2D eigenvalue weighted by Crippen LogP contribution is 2.22. The van der Waals surface area contributed by atoms with Crippen molar-refractivity contribution in [1.29, 1.82) is 0 Å². The molecule has 0 aliphatic heterocycles. The molecule has 0 atom stereocenters. The topological polar surface area (TPSA) is 54.9 Å². The van der Waals surface area contributed by atoms with Gasteiger partial charge >= 0.3 is 0 Å². The number of benzene rings is 1. The van der Waals surface area contributed by atoms with E-state index in [1.807, 2.05) is 0 Å². The van der Waals surface area contributed by atoms with Crippen LogP contribution in [0.15, 0.2) is 30.5 Å². The van der Waals surface area contributed by atoms with Crippen molar-refractivity contribution in [2.45, 2.75) is 0 Å². The molecule has 2 aromatic rings. The molecule has 7 heteroatoms. The van der Waals surface area contributed by atoms with Crippen molar-refractivity contribution in [1.82, 2.24) is 9.97 Å². The quantitative estimate of drug-likeness (QED) is 0.861. The van der Waals surface area contributed by atoms with Crippen LogP contribution in [0.4, 0.5) is 5.95 Å². The fourth-order valence-electron chi connectivity index (χ4n) is 1.21. The van der Waals surface area contributed by atoms with E-state index in [1.165, 1.54) is 24.4 Å². The van der Waals surface area contributed by atoms with Gasteiger partial charge in [0.1, 0.15) is 5.15 Å². The van der Waals surface area contributed by atoms with Gasteiger partial charge in [-0.3, -0.25) is 10.1 Å². The van der Waals surface area contributed by atoms with Crippen LogP contribution in [0.5, 0.6) is 0 Å². The van der Waals surface area contributed by atoms with Crippen LogP contribution >= 0.6 is 34.8 Å². The molecule has 0 bridgehead atoms. The molecular weight excluding hydrogens is 296 g/mol.